The number of nitrogens with one attached hydrogen (secondary N) is 2. The third kappa shape index (κ3) is 4.33. The highest BCUT2D eigenvalue weighted by atomic mass is 32.2. The minimum absolute atomic E-state index is 0.0838. The molecule has 1 heterocycles. The molecule has 0 aliphatic carbocycles. The molecular formula is C20H22N2O5S. The van der Waals surface area contributed by atoms with Crippen LogP contribution in [0.4, 0.5) is 5.69 Å². The number of fused-ring (bicyclic) bond motifs is 1. The molecule has 2 aromatic carbocycles. The molecule has 1 aliphatic heterocycles. The van der Waals surface area contributed by atoms with Gasteiger partial charge in [-0.25, -0.2) is 0 Å². The molecule has 0 fully saturated rings. The van der Waals surface area contributed by atoms with E-state index in [1.54, 1.807) is 33.5 Å². The molecule has 0 bridgehead atoms. The fourth-order valence-corrected chi connectivity index (χ4v) is 4.00. The van der Waals surface area contributed by atoms with Gasteiger partial charge in [-0.3, -0.25) is 9.59 Å². The van der Waals surface area contributed by atoms with Crippen LogP contribution in [0.3, 0.4) is 0 Å². The van der Waals surface area contributed by atoms with E-state index < -0.39 is 5.25 Å². The van der Waals surface area contributed by atoms with Crippen LogP contribution in [0, 0.1) is 0 Å². The van der Waals surface area contributed by atoms with Gasteiger partial charge in [-0.15, -0.1) is 11.8 Å². The van der Waals surface area contributed by atoms with Gasteiger partial charge in [-0.05, 0) is 18.2 Å². The molecule has 2 N–H and O–H groups in total. The average Bonchev–Trinajstić information content (AvgIpc) is 2.72. The lowest BCUT2D eigenvalue weighted by Crippen LogP contribution is -2.34. The number of rotatable bonds is 7. The van der Waals surface area contributed by atoms with Crippen LogP contribution >= 0.6 is 11.8 Å². The molecule has 7 nitrogen and oxygen atoms in total. The smallest absolute Gasteiger partial charge is 0.238 e. The lowest BCUT2D eigenvalue weighted by Gasteiger charge is -2.23. The van der Waals surface area contributed by atoms with E-state index in [4.69, 9.17) is 14.2 Å². The van der Waals surface area contributed by atoms with E-state index >= 15 is 0 Å². The summed E-state index contributed by atoms with van der Waals surface area (Å²) >= 11 is 1.40. The summed E-state index contributed by atoms with van der Waals surface area (Å²) < 4.78 is 15.9. The number of methoxy groups -OCH3 is 3. The van der Waals surface area contributed by atoms with Crippen LogP contribution in [-0.4, -0.2) is 38.4 Å². The summed E-state index contributed by atoms with van der Waals surface area (Å²) in [5.74, 6) is 1.29. The first kappa shape index (κ1) is 19.9. The third-order valence-corrected chi connectivity index (χ3v) is 5.62. The highest BCUT2D eigenvalue weighted by Gasteiger charge is 2.28. The number of carbonyl (C=O) groups is 2. The van der Waals surface area contributed by atoms with Crippen molar-refractivity contribution in [2.75, 3.05) is 26.6 Å². The molecule has 28 heavy (non-hydrogen) atoms. The van der Waals surface area contributed by atoms with Gasteiger partial charge >= 0.3 is 0 Å². The minimum atomic E-state index is -0.470. The van der Waals surface area contributed by atoms with Crippen LogP contribution in [0.2, 0.25) is 0 Å². The van der Waals surface area contributed by atoms with E-state index in [0.29, 0.717) is 17.2 Å². The van der Waals surface area contributed by atoms with Crippen molar-refractivity contribution in [3.8, 4) is 17.2 Å². The number of carbonyl (C=O) groups excluding carboxylic acids is 2. The first-order valence-electron chi connectivity index (χ1n) is 8.67. The highest BCUT2D eigenvalue weighted by molar-refractivity contribution is 8.01. The second kappa shape index (κ2) is 8.88. The lowest BCUT2D eigenvalue weighted by atomic mass is 10.1. The predicted molar refractivity (Wildman–Crippen MR) is 107 cm³/mol. The van der Waals surface area contributed by atoms with Crippen molar-refractivity contribution >= 4 is 29.3 Å². The van der Waals surface area contributed by atoms with Crippen molar-refractivity contribution < 1.29 is 23.8 Å². The minimum Gasteiger partial charge on any atom is -0.496 e. The van der Waals surface area contributed by atoms with E-state index in [9.17, 15) is 9.59 Å². The van der Waals surface area contributed by atoms with E-state index in [-0.39, 0.29) is 24.8 Å². The molecule has 1 aliphatic rings. The van der Waals surface area contributed by atoms with Crippen LogP contribution in [-0.2, 0) is 16.1 Å². The Kier molecular flexibility index (Phi) is 6.30. The maximum absolute atomic E-state index is 12.4. The maximum Gasteiger partial charge on any atom is 0.238 e. The molecule has 0 saturated carbocycles. The molecule has 2 aromatic rings. The molecule has 0 radical (unpaired) electrons. The normalized spacial score (nSPS) is 15.2. The van der Waals surface area contributed by atoms with Crippen molar-refractivity contribution in [3.05, 3.63) is 42.0 Å². The van der Waals surface area contributed by atoms with E-state index in [1.807, 2.05) is 24.3 Å². The molecule has 1 atom stereocenters. The number of para-hydroxylation sites is 1. The Bertz CT molecular complexity index is 887. The summed E-state index contributed by atoms with van der Waals surface area (Å²) in [5, 5.41) is 5.22. The van der Waals surface area contributed by atoms with Gasteiger partial charge in [-0.1, -0.05) is 12.1 Å². The number of benzene rings is 2. The van der Waals surface area contributed by atoms with Crippen molar-refractivity contribution in [1.82, 2.24) is 5.32 Å². The number of anilines is 1. The van der Waals surface area contributed by atoms with E-state index in [2.05, 4.69) is 10.6 Å². The largest absolute Gasteiger partial charge is 0.496 e. The Hall–Kier alpha value is -2.87. The summed E-state index contributed by atoms with van der Waals surface area (Å²) in [6, 6.07) is 11.0. The topological polar surface area (TPSA) is 85.9 Å². The Morgan fingerprint density at radius 3 is 2.46 bits per heavy atom. The molecule has 0 saturated heterocycles. The van der Waals surface area contributed by atoms with Crippen LogP contribution in [0.15, 0.2) is 41.3 Å². The van der Waals surface area contributed by atoms with Crippen LogP contribution in [0.5, 0.6) is 17.2 Å². The third-order valence-electron chi connectivity index (χ3n) is 4.34. The standard InChI is InChI=1S/C20H22N2O5S/c1-25-14-9-16(27-3)15(26-2)8-12(14)11-21-19(23)10-18-20(24)22-13-6-4-5-7-17(13)28-18/h4-9,18H,10-11H2,1-3H3,(H,21,23)(H,22,24)/t18-/m0/s1. The zero-order chi connectivity index (χ0) is 20.1. The summed E-state index contributed by atoms with van der Waals surface area (Å²) in [7, 11) is 4.64. The van der Waals surface area contributed by atoms with Gasteiger partial charge in [0.2, 0.25) is 11.8 Å². The van der Waals surface area contributed by atoms with Crippen molar-refractivity contribution in [2.24, 2.45) is 0 Å². The van der Waals surface area contributed by atoms with Gasteiger partial charge in [0, 0.05) is 29.5 Å². The number of ether oxygens (including phenoxy) is 3. The van der Waals surface area contributed by atoms with Crippen LogP contribution in [0.1, 0.15) is 12.0 Å². The summed E-state index contributed by atoms with van der Waals surface area (Å²) in [6.07, 6.45) is 0.0838. The summed E-state index contributed by atoms with van der Waals surface area (Å²) in [6.45, 7) is 0.248. The highest BCUT2D eigenvalue weighted by Crippen LogP contribution is 2.37. The molecular weight excluding hydrogens is 380 g/mol. The van der Waals surface area contributed by atoms with Crippen LogP contribution in [0.25, 0.3) is 0 Å². The van der Waals surface area contributed by atoms with Gasteiger partial charge in [0.15, 0.2) is 11.5 Å². The van der Waals surface area contributed by atoms with Crippen molar-refractivity contribution in [2.45, 2.75) is 23.1 Å². The molecule has 0 unspecified atom stereocenters. The fourth-order valence-electron chi connectivity index (χ4n) is 2.89. The summed E-state index contributed by atoms with van der Waals surface area (Å²) in [5.41, 5.74) is 1.53. The Morgan fingerprint density at radius 2 is 1.75 bits per heavy atom. The number of amides is 2. The molecule has 0 aromatic heterocycles. The number of hydrogen-bond donors (Lipinski definition) is 2. The van der Waals surface area contributed by atoms with Gasteiger partial charge in [0.25, 0.3) is 0 Å². The first-order chi connectivity index (χ1) is 13.5. The average molecular weight is 402 g/mol. The molecule has 2 amide bonds. The zero-order valence-electron chi connectivity index (χ0n) is 15.9. The quantitative estimate of drug-likeness (QED) is 0.741. The van der Waals surface area contributed by atoms with Gasteiger partial charge in [-0.2, -0.15) is 0 Å². The molecule has 148 valence electrons. The Labute approximate surface area is 167 Å². The molecule has 3 rings (SSSR count). The SMILES string of the molecule is COc1cc(OC)c(OC)cc1CNC(=O)C[C@@H]1Sc2ccccc2NC1=O. The molecule has 8 heteroatoms. The fraction of sp³-hybridized carbons (Fsp3) is 0.300. The first-order valence-corrected chi connectivity index (χ1v) is 9.55. The Morgan fingerprint density at radius 1 is 1.07 bits per heavy atom. The van der Waals surface area contributed by atoms with E-state index in [0.717, 1.165) is 16.1 Å². The van der Waals surface area contributed by atoms with E-state index in [1.165, 1.54) is 11.8 Å². The van der Waals surface area contributed by atoms with Crippen molar-refractivity contribution in [3.63, 3.8) is 0 Å². The van der Waals surface area contributed by atoms with Gasteiger partial charge in [0.1, 0.15) is 5.75 Å². The van der Waals surface area contributed by atoms with Gasteiger partial charge < -0.3 is 24.8 Å². The Balaban J connectivity index is 1.64. The number of thioether (sulfide) groups is 1. The molecule has 0 spiro atoms. The monoisotopic (exact) mass is 402 g/mol. The summed E-state index contributed by atoms with van der Waals surface area (Å²) in [4.78, 5) is 25.6. The van der Waals surface area contributed by atoms with Crippen LogP contribution < -0.4 is 24.8 Å². The zero-order valence-corrected chi connectivity index (χ0v) is 16.7. The van der Waals surface area contributed by atoms with Gasteiger partial charge in [0.05, 0.1) is 32.3 Å². The second-order valence-electron chi connectivity index (χ2n) is 6.09. The second-order valence-corrected chi connectivity index (χ2v) is 7.34. The predicted octanol–water partition coefficient (Wildman–Crippen LogP) is 2.83. The maximum atomic E-state index is 12.4. The lowest BCUT2D eigenvalue weighted by molar-refractivity contribution is -0.124. The van der Waals surface area contributed by atoms with Crippen molar-refractivity contribution in [1.29, 1.82) is 0 Å². The number of hydrogen-bond acceptors (Lipinski definition) is 6.